The molecule has 3 aromatic rings. The van der Waals surface area contributed by atoms with Gasteiger partial charge in [-0.2, -0.15) is 5.10 Å². The summed E-state index contributed by atoms with van der Waals surface area (Å²) in [5.41, 5.74) is 4.37. The number of amides is 1. The zero-order valence-electron chi connectivity index (χ0n) is 17.7. The summed E-state index contributed by atoms with van der Waals surface area (Å²) in [6.45, 7) is 6.68. The Morgan fingerprint density at radius 2 is 1.74 bits per heavy atom. The number of ether oxygens (including phenoxy) is 2. The second-order valence-electron chi connectivity index (χ2n) is 8.04. The summed E-state index contributed by atoms with van der Waals surface area (Å²) in [6.07, 6.45) is 2.14. The van der Waals surface area contributed by atoms with Crippen LogP contribution >= 0.6 is 0 Å². The smallest absolute Gasteiger partial charge is 0.231 e. The monoisotopic (exact) mass is 418 g/mol. The largest absolute Gasteiger partial charge is 0.454 e. The van der Waals surface area contributed by atoms with Crippen molar-refractivity contribution in [3.05, 3.63) is 65.9 Å². The maximum atomic E-state index is 11.6. The van der Waals surface area contributed by atoms with Crippen molar-refractivity contribution in [3.63, 3.8) is 0 Å². The van der Waals surface area contributed by atoms with Gasteiger partial charge in [-0.15, -0.1) is 0 Å². The molecule has 7 heteroatoms. The summed E-state index contributed by atoms with van der Waals surface area (Å²) >= 11 is 0. The topological polar surface area (TPSA) is 59.8 Å². The van der Waals surface area contributed by atoms with E-state index in [0.717, 1.165) is 62.0 Å². The second-order valence-corrected chi connectivity index (χ2v) is 8.04. The summed E-state index contributed by atoms with van der Waals surface area (Å²) in [4.78, 5) is 15.9. The van der Waals surface area contributed by atoms with E-state index in [1.807, 2.05) is 46.0 Å². The molecule has 7 nitrogen and oxygen atoms in total. The van der Waals surface area contributed by atoms with Crippen molar-refractivity contribution in [1.29, 1.82) is 0 Å². The van der Waals surface area contributed by atoms with Crippen LogP contribution in [-0.4, -0.2) is 58.5 Å². The van der Waals surface area contributed by atoms with E-state index in [4.69, 9.17) is 14.6 Å². The third kappa shape index (κ3) is 4.27. The van der Waals surface area contributed by atoms with Crippen LogP contribution in [0.15, 0.2) is 54.7 Å². The lowest BCUT2D eigenvalue weighted by molar-refractivity contribution is -0.130. The Kier molecular flexibility index (Phi) is 5.34. The molecule has 1 fully saturated rings. The highest BCUT2D eigenvalue weighted by molar-refractivity contribution is 5.73. The number of aromatic nitrogens is 2. The summed E-state index contributed by atoms with van der Waals surface area (Å²) in [7, 11) is 0. The number of rotatable bonds is 5. The Morgan fingerprint density at radius 3 is 2.52 bits per heavy atom. The van der Waals surface area contributed by atoms with Crippen LogP contribution in [0, 0.1) is 0 Å². The van der Waals surface area contributed by atoms with Crippen molar-refractivity contribution in [2.24, 2.45) is 0 Å². The number of nitrogens with zero attached hydrogens (tertiary/aromatic N) is 4. The summed E-state index contributed by atoms with van der Waals surface area (Å²) < 4.78 is 13.1. The molecule has 1 aromatic heterocycles. The molecule has 0 bridgehead atoms. The molecule has 0 radical (unpaired) electrons. The van der Waals surface area contributed by atoms with E-state index in [1.54, 1.807) is 6.92 Å². The van der Waals surface area contributed by atoms with Gasteiger partial charge < -0.3 is 14.4 Å². The number of hydrogen-bond donors (Lipinski definition) is 0. The van der Waals surface area contributed by atoms with E-state index in [0.29, 0.717) is 0 Å². The first kappa shape index (κ1) is 19.6. The highest BCUT2D eigenvalue weighted by Crippen LogP contribution is 2.36. The fourth-order valence-electron chi connectivity index (χ4n) is 4.18. The predicted octanol–water partition coefficient (Wildman–Crippen LogP) is 2.99. The number of benzene rings is 2. The summed E-state index contributed by atoms with van der Waals surface area (Å²) in [5.74, 6) is 1.68. The van der Waals surface area contributed by atoms with E-state index in [-0.39, 0.29) is 12.7 Å². The van der Waals surface area contributed by atoms with Gasteiger partial charge in [-0.05, 0) is 23.8 Å². The maximum Gasteiger partial charge on any atom is 0.231 e. The Labute approximate surface area is 181 Å². The zero-order chi connectivity index (χ0) is 21.2. The lowest BCUT2D eigenvalue weighted by atomic mass is 10.1. The van der Waals surface area contributed by atoms with Crippen LogP contribution in [0.3, 0.4) is 0 Å². The molecule has 2 aromatic carbocycles. The van der Waals surface area contributed by atoms with Gasteiger partial charge in [-0.1, -0.05) is 30.3 Å². The molecular weight excluding hydrogens is 392 g/mol. The SMILES string of the molecule is CC(=O)N1CCN(Cc2cn(Cc3ccccc3)nc2-c2ccc3c(c2)OCO3)CC1. The molecule has 0 aliphatic carbocycles. The molecule has 0 saturated carbocycles. The Morgan fingerprint density at radius 1 is 0.968 bits per heavy atom. The molecule has 3 heterocycles. The molecule has 0 atom stereocenters. The Bertz CT molecular complexity index is 1070. The van der Waals surface area contributed by atoms with E-state index in [9.17, 15) is 4.79 Å². The van der Waals surface area contributed by atoms with Crippen LogP contribution in [0.1, 0.15) is 18.1 Å². The van der Waals surface area contributed by atoms with Crippen molar-refractivity contribution in [2.75, 3.05) is 33.0 Å². The van der Waals surface area contributed by atoms with Crippen LogP contribution in [0.4, 0.5) is 0 Å². The highest BCUT2D eigenvalue weighted by Gasteiger charge is 2.22. The van der Waals surface area contributed by atoms with Gasteiger partial charge in [0.05, 0.1) is 12.2 Å². The van der Waals surface area contributed by atoms with Crippen molar-refractivity contribution >= 4 is 5.91 Å². The fraction of sp³-hybridized carbons (Fsp3) is 0.333. The molecule has 31 heavy (non-hydrogen) atoms. The summed E-state index contributed by atoms with van der Waals surface area (Å²) in [5, 5.41) is 4.94. The predicted molar refractivity (Wildman–Crippen MR) is 117 cm³/mol. The standard InChI is InChI=1S/C24H26N4O3/c1-18(29)27-11-9-26(10-12-27)15-21-16-28(14-19-5-3-2-4-6-19)25-24(21)20-7-8-22-23(13-20)31-17-30-22/h2-8,13,16H,9-12,14-15,17H2,1H3. The van der Waals surface area contributed by atoms with Gasteiger partial charge in [0.25, 0.3) is 0 Å². The number of piperazine rings is 1. The van der Waals surface area contributed by atoms with Gasteiger partial charge in [0.1, 0.15) is 0 Å². The average Bonchev–Trinajstić information content (AvgIpc) is 3.41. The number of hydrogen-bond acceptors (Lipinski definition) is 5. The molecule has 1 amide bonds. The molecule has 2 aliphatic rings. The minimum absolute atomic E-state index is 0.149. The van der Waals surface area contributed by atoms with Gasteiger partial charge in [0.15, 0.2) is 11.5 Å². The fourth-order valence-corrected chi connectivity index (χ4v) is 4.18. The Hall–Kier alpha value is -3.32. The number of carbonyl (C=O) groups is 1. The van der Waals surface area contributed by atoms with E-state index in [1.165, 1.54) is 11.1 Å². The van der Waals surface area contributed by atoms with Gasteiger partial charge in [-0.25, -0.2) is 0 Å². The van der Waals surface area contributed by atoms with Crippen LogP contribution in [0.25, 0.3) is 11.3 Å². The van der Waals surface area contributed by atoms with E-state index in [2.05, 4.69) is 23.2 Å². The lowest BCUT2D eigenvalue weighted by Crippen LogP contribution is -2.47. The number of fused-ring (bicyclic) bond motifs is 1. The molecule has 5 rings (SSSR count). The van der Waals surface area contributed by atoms with Gasteiger partial charge in [0.2, 0.25) is 12.7 Å². The third-order valence-corrected chi connectivity index (χ3v) is 5.88. The highest BCUT2D eigenvalue weighted by atomic mass is 16.7. The van der Waals surface area contributed by atoms with Crippen molar-refractivity contribution < 1.29 is 14.3 Å². The van der Waals surface area contributed by atoms with Crippen molar-refractivity contribution in [1.82, 2.24) is 19.6 Å². The summed E-state index contributed by atoms with van der Waals surface area (Å²) in [6, 6.07) is 16.3. The average molecular weight is 418 g/mol. The van der Waals surface area contributed by atoms with Gasteiger partial charge >= 0.3 is 0 Å². The Balaban J connectivity index is 1.42. The zero-order valence-corrected chi connectivity index (χ0v) is 17.7. The van der Waals surface area contributed by atoms with Gasteiger partial charge in [0, 0.05) is 57.0 Å². The third-order valence-electron chi connectivity index (χ3n) is 5.88. The lowest BCUT2D eigenvalue weighted by Gasteiger charge is -2.34. The minimum atomic E-state index is 0.149. The molecule has 160 valence electrons. The first-order valence-corrected chi connectivity index (χ1v) is 10.6. The first-order valence-electron chi connectivity index (χ1n) is 10.6. The quantitative estimate of drug-likeness (QED) is 0.638. The van der Waals surface area contributed by atoms with Crippen LogP contribution in [-0.2, 0) is 17.9 Å². The molecule has 0 spiro atoms. The van der Waals surface area contributed by atoms with Crippen LogP contribution < -0.4 is 9.47 Å². The maximum absolute atomic E-state index is 11.6. The van der Waals surface area contributed by atoms with E-state index >= 15 is 0 Å². The molecule has 2 aliphatic heterocycles. The second kappa shape index (κ2) is 8.43. The van der Waals surface area contributed by atoms with Crippen LogP contribution in [0.5, 0.6) is 11.5 Å². The minimum Gasteiger partial charge on any atom is -0.454 e. The van der Waals surface area contributed by atoms with Crippen molar-refractivity contribution in [2.45, 2.75) is 20.0 Å². The first-order chi connectivity index (χ1) is 15.2. The normalized spacial score (nSPS) is 16.0. The number of carbonyl (C=O) groups excluding carboxylic acids is 1. The molecule has 0 unspecified atom stereocenters. The molecular formula is C24H26N4O3. The molecule has 1 saturated heterocycles. The van der Waals surface area contributed by atoms with Crippen molar-refractivity contribution in [3.8, 4) is 22.8 Å². The van der Waals surface area contributed by atoms with Gasteiger partial charge in [-0.3, -0.25) is 14.4 Å². The van der Waals surface area contributed by atoms with Crippen LogP contribution in [0.2, 0.25) is 0 Å². The molecule has 0 N–H and O–H groups in total. The van der Waals surface area contributed by atoms with E-state index < -0.39 is 0 Å².